The van der Waals surface area contributed by atoms with Gasteiger partial charge in [-0.2, -0.15) is 0 Å². The fourth-order valence-electron chi connectivity index (χ4n) is 2.54. The summed E-state index contributed by atoms with van der Waals surface area (Å²) < 4.78 is 0.894. The van der Waals surface area contributed by atoms with E-state index in [-0.39, 0.29) is 0 Å². The third-order valence-electron chi connectivity index (χ3n) is 3.22. The summed E-state index contributed by atoms with van der Waals surface area (Å²) in [6, 6.07) is 4.69. The van der Waals surface area contributed by atoms with Crippen molar-refractivity contribution in [2.24, 2.45) is 5.92 Å². The molecule has 2 rings (SSSR count). The van der Waals surface area contributed by atoms with Crippen LogP contribution in [0.25, 0.3) is 0 Å². The monoisotopic (exact) mass is 258 g/mol. The fourth-order valence-corrected chi connectivity index (χ4v) is 3.90. The third-order valence-corrected chi connectivity index (χ3v) is 4.53. The lowest BCUT2D eigenvalue weighted by Gasteiger charge is -2.34. The zero-order chi connectivity index (χ0) is 11.5. The van der Waals surface area contributed by atoms with Crippen molar-refractivity contribution in [3.63, 3.8) is 0 Å². The molecule has 1 aromatic rings. The maximum absolute atomic E-state index is 6.03. The summed E-state index contributed by atoms with van der Waals surface area (Å²) in [6.07, 6.45) is 2.60. The SMILES string of the molecule is CN(C)C(c1ccc(Cl)s1)C1CCCNC1. The number of rotatable bonds is 3. The van der Waals surface area contributed by atoms with Crippen molar-refractivity contribution in [3.8, 4) is 0 Å². The Morgan fingerprint density at radius 2 is 2.31 bits per heavy atom. The first-order chi connectivity index (χ1) is 7.68. The molecule has 2 atom stereocenters. The van der Waals surface area contributed by atoms with Crippen molar-refractivity contribution in [2.45, 2.75) is 18.9 Å². The first-order valence-corrected chi connectivity index (χ1v) is 7.00. The smallest absolute Gasteiger partial charge is 0.0931 e. The molecule has 1 N–H and O–H groups in total. The van der Waals surface area contributed by atoms with E-state index < -0.39 is 0 Å². The molecule has 0 radical (unpaired) electrons. The second kappa shape index (κ2) is 5.50. The van der Waals surface area contributed by atoms with Gasteiger partial charge in [0.25, 0.3) is 0 Å². The quantitative estimate of drug-likeness (QED) is 0.897. The van der Waals surface area contributed by atoms with Crippen LogP contribution in [0, 0.1) is 5.92 Å². The number of thiophene rings is 1. The molecule has 2 nitrogen and oxygen atoms in total. The predicted molar refractivity (Wildman–Crippen MR) is 71.4 cm³/mol. The topological polar surface area (TPSA) is 15.3 Å². The molecule has 0 bridgehead atoms. The van der Waals surface area contributed by atoms with Gasteiger partial charge in [-0.3, -0.25) is 0 Å². The van der Waals surface area contributed by atoms with Crippen LogP contribution in [0.4, 0.5) is 0 Å². The van der Waals surface area contributed by atoms with E-state index in [0.29, 0.717) is 12.0 Å². The first-order valence-electron chi connectivity index (χ1n) is 5.81. The second-order valence-corrected chi connectivity index (χ2v) is 6.40. The van der Waals surface area contributed by atoms with Gasteiger partial charge in [-0.25, -0.2) is 0 Å². The summed E-state index contributed by atoms with van der Waals surface area (Å²) >= 11 is 7.75. The third kappa shape index (κ3) is 2.77. The van der Waals surface area contributed by atoms with E-state index >= 15 is 0 Å². The molecule has 2 heterocycles. The molecule has 0 aliphatic carbocycles. The minimum Gasteiger partial charge on any atom is -0.316 e. The highest BCUT2D eigenvalue weighted by Gasteiger charge is 2.27. The fraction of sp³-hybridized carbons (Fsp3) is 0.667. The van der Waals surface area contributed by atoms with Gasteiger partial charge < -0.3 is 10.2 Å². The minimum atomic E-state index is 0.505. The van der Waals surface area contributed by atoms with Gasteiger partial charge in [0.05, 0.1) is 4.34 Å². The lowest BCUT2D eigenvalue weighted by atomic mass is 9.90. The number of nitrogens with zero attached hydrogens (tertiary/aromatic N) is 1. The van der Waals surface area contributed by atoms with Crippen LogP contribution in [-0.4, -0.2) is 32.1 Å². The van der Waals surface area contributed by atoms with E-state index in [1.807, 2.05) is 6.07 Å². The van der Waals surface area contributed by atoms with Crippen LogP contribution in [0.15, 0.2) is 12.1 Å². The zero-order valence-corrected chi connectivity index (χ0v) is 11.4. The van der Waals surface area contributed by atoms with Crippen LogP contribution in [0.1, 0.15) is 23.8 Å². The van der Waals surface area contributed by atoms with Crippen LogP contribution >= 0.6 is 22.9 Å². The summed E-state index contributed by atoms with van der Waals surface area (Å²) in [7, 11) is 4.32. The standard InChI is InChI=1S/C12H19ClN2S/c1-15(2)12(9-4-3-7-14-8-9)10-5-6-11(13)16-10/h5-6,9,12,14H,3-4,7-8H2,1-2H3. The Morgan fingerprint density at radius 3 is 2.81 bits per heavy atom. The molecule has 1 aromatic heterocycles. The van der Waals surface area contributed by atoms with Crippen molar-refractivity contribution >= 4 is 22.9 Å². The predicted octanol–water partition coefficient (Wildman–Crippen LogP) is 3.00. The molecular weight excluding hydrogens is 240 g/mol. The molecule has 90 valence electrons. The van der Waals surface area contributed by atoms with Crippen LogP contribution < -0.4 is 5.32 Å². The number of halogens is 1. The van der Waals surface area contributed by atoms with Crippen molar-refractivity contribution in [1.29, 1.82) is 0 Å². The summed E-state index contributed by atoms with van der Waals surface area (Å²) in [6.45, 7) is 2.29. The van der Waals surface area contributed by atoms with Crippen molar-refractivity contribution in [3.05, 3.63) is 21.3 Å². The van der Waals surface area contributed by atoms with E-state index in [4.69, 9.17) is 11.6 Å². The highest BCUT2D eigenvalue weighted by atomic mass is 35.5. The largest absolute Gasteiger partial charge is 0.316 e. The Labute approximate surface area is 107 Å². The summed E-state index contributed by atoms with van der Waals surface area (Å²) in [4.78, 5) is 3.71. The Morgan fingerprint density at radius 1 is 1.50 bits per heavy atom. The van der Waals surface area contributed by atoms with Gasteiger partial charge in [0, 0.05) is 10.9 Å². The van der Waals surface area contributed by atoms with Crippen molar-refractivity contribution < 1.29 is 0 Å². The molecule has 0 spiro atoms. The zero-order valence-electron chi connectivity index (χ0n) is 9.87. The molecule has 0 saturated carbocycles. The maximum Gasteiger partial charge on any atom is 0.0931 e. The van der Waals surface area contributed by atoms with E-state index in [1.54, 1.807) is 11.3 Å². The van der Waals surface area contributed by atoms with Gasteiger partial charge in [-0.1, -0.05) is 11.6 Å². The Hall–Kier alpha value is -0.0900. The molecule has 1 aliphatic rings. The summed E-state index contributed by atoms with van der Waals surface area (Å²) in [5, 5.41) is 3.49. The van der Waals surface area contributed by atoms with E-state index in [2.05, 4.69) is 30.4 Å². The number of nitrogens with one attached hydrogen (secondary N) is 1. The van der Waals surface area contributed by atoms with Crippen LogP contribution in [0.3, 0.4) is 0 Å². The molecule has 0 amide bonds. The minimum absolute atomic E-state index is 0.505. The van der Waals surface area contributed by atoms with Gasteiger partial charge >= 0.3 is 0 Å². The van der Waals surface area contributed by atoms with Gasteiger partial charge in [0.1, 0.15) is 0 Å². The Bertz CT molecular complexity index is 332. The maximum atomic E-state index is 6.03. The molecule has 4 heteroatoms. The molecule has 0 aromatic carbocycles. The molecule has 2 unspecified atom stereocenters. The van der Waals surface area contributed by atoms with E-state index in [0.717, 1.165) is 10.9 Å². The van der Waals surface area contributed by atoms with Gasteiger partial charge in [-0.15, -0.1) is 11.3 Å². The van der Waals surface area contributed by atoms with Gasteiger partial charge in [-0.05, 0) is 58.1 Å². The average molecular weight is 259 g/mol. The van der Waals surface area contributed by atoms with Gasteiger partial charge in [0.15, 0.2) is 0 Å². The lowest BCUT2D eigenvalue weighted by molar-refractivity contribution is 0.184. The highest BCUT2D eigenvalue weighted by molar-refractivity contribution is 7.16. The van der Waals surface area contributed by atoms with Crippen LogP contribution in [0.2, 0.25) is 4.34 Å². The molecular formula is C12H19ClN2S. The second-order valence-electron chi connectivity index (χ2n) is 4.66. The van der Waals surface area contributed by atoms with Crippen LogP contribution in [0.5, 0.6) is 0 Å². The van der Waals surface area contributed by atoms with Crippen LogP contribution in [-0.2, 0) is 0 Å². The highest BCUT2D eigenvalue weighted by Crippen LogP contribution is 2.36. The summed E-state index contributed by atoms with van der Waals surface area (Å²) in [5.41, 5.74) is 0. The Kier molecular flexibility index (Phi) is 4.25. The first kappa shape index (κ1) is 12.4. The molecule has 1 saturated heterocycles. The Balaban J connectivity index is 2.16. The molecule has 1 aliphatic heterocycles. The van der Waals surface area contributed by atoms with Gasteiger partial charge in [0.2, 0.25) is 0 Å². The van der Waals surface area contributed by atoms with E-state index in [1.165, 1.54) is 24.3 Å². The number of hydrogen-bond donors (Lipinski definition) is 1. The number of piperidine rings is 1. The average Bonchev–Trinajstić information content (AvgIpc) is 2.66. The molecule has 16 heavy (non-hydrogen) atoms. The lowest BCUT2D eigenvalue weighted by Crippen LogP contribution is -2.37. The normalized spacial score (nSPS) is 23.6. The number of hydrogen-bond acceptors (Lipinski definition) is 3. The molecule has 1 fully saturated rings. The van der Waals surface area contributed by atoms with Crippen molar-refractivity contribution in [2.75, 3.05) is 27.2 Å². The summed E-state index contributed by atoms with van der Waals surface area (Å²) in [5.74, 6) is 0.707. The van der Waals surface area contributed by atoms with E-state index in [9.17, 15) is 0 Å². The van der Waals surface area contributed by atoms with Crippen molar-refractivity contribution in [1.82, 2.24) is 10.2 Å².